The molecule has 0 aromatic carbocycles. The molecule has 0 saturated heterocycles. The van der Waals surface area contributed by atoms with E-state index in [0.717, 1.165) is 6.54 Å². The largest absolute Gasteiger partial charge is 0.305 e. The highest BCUT2D eigenvalue weighted by Gasteiger charge is 2.29. The van der Waals surface area contributed by atoms with E-state index in [4.69, 9.17) is 0 Å². The summed E-state index contributed by atoms with van der Waals surface area (Å²) in [5.41, 5.74) is 0.110. The molecule has 14 heavy (non-hydrogen) atoms. The van der Waals surface area contributed by atoms with Gasteiger partial charge in [0.1, 0.15) is 5.69 Å². The fourth-order valence-electron chi connectivity index (χ4n) is 1.44. The van der Waals surface area contributed by atoms with Gasteiger partial charge in [0, 0.05) is 13.2 Å². The summed E-state index contributed by atoms with van der Waals surface area (Å²) in [4.78, 5) is 12.0. The van der Waals surface area contributed by atoms with Crippen molar-refractivity contribution in [3.63, 3.8) is 0 Å². The van der Waals surface area contributed by atoms with Crippen molar-refractivity contribution in [2.24, 2.45) is 7.05 Å². The highest BCUT2D eigenvalue weighted by atomic mass is 16.1. The van der Waals surface area contributed by atoms with Crippen molar-refractivity contribution in [3.05, 3.63) is 18.0 Å². The number of hydrogen-bond donors (Lipinski definition) is 1. The van der Waals surface area contributed by atoms with E-state index in [9.17, 15) is 4.79 Å². The summed E-state index contributed by atoms with van der Waals surface area (Å²) in [6, 6.07) is 1.74. The number of aromatic nitrogens is 2. The van der Waals surface area contributed by atoms with Gasteiger partial charge in [-0.1, -0.05) is 6.92 Å². The molecule has 0 unspecified atom stereocenters. The van der Waals surface area contributed by atoms with Crippen molar-refractivity contribution in [3.8, 4) is 0 Å². The third-order valence-corrected chi connectivity index (χ3v) is 2.24. The summed E-state index contributed by atoms with van der Waals surface area (Å²) in [5, 5.41) is 7.13. The summed E-state index contributed by atoms with van der Waals surface area (Å²) < 4.78 is 1.60. The Morgan fingerprint density at radius 3 is 2.71 bits per heavy atom. The standard InChI is InChI=1S/C10H17N3O/c1-5-11-10(2,3)9(14)8-6-7-12-13(8)4/h6-7,11H,5H2,1-4H3. The zero-order valence-electron chi connectivity index (χ0n) is 9.16. The number of hydrogen-bond acceptors (Lipinski definition) is 3. The number of carbonyl (C=O) groups is 1. The first kappa shape index (κ1) is 10.9. The molecule has 0 saturated carbocycles. The zero-order valence-corrected chi connectivity index (χ0v) is 9.16. The molecule has 1 aromatic rings. The fourth-order valence-corrected chi connectivity index (χ4v) is 1.44. The second-order valence-electron chi connectivity index (χ2n) is 3.82. The van der Waals surface area contributed by atoms with Crippen LogP contribution in [0.5, 0.6) is 0 Å². The van der Waals surface area contributed by atoms with E-state index in [0.29, 0.717) is 5.69 Å². The average Bonchev–Trinajstić information content (AvgIpc) is 2.50. The quantitative estimate of drug-likeness (QED) is 0.729. The van der Waals surface area contributed by atoms with Gasteiger partial charge in [-0.05, 0) is 26.5 Å². The van der Waals surface area contributed by atoms with Gasteiger partial charge >= 0.3 is 0 Å². The Balaban J connectivity index is 2.90. The lowest BCUT2D eigenvalue weighted by molar-refractivity contribution is 0.0874. The number of aryl methyl sites for hydroxylation is 1. The molecule has 0 radical (unpaired) electrons. The number of rotatable bonds is 4. The first-order valence-corrected chi connectivity index (χ1v) is 4.77. The smallest absolute Gasteiger partial charge is 0.200 e. The van der Waals surface area contributed by atoms with Crippen LogP contribution in [-0.2, 0) is 7.05 Å². The topological polar surface area (TPSA) is 46.9 Å². The Bertz CT molecular complexity index is 328. The maximum Gasteiger partial charge on any atom is 0.200 e. The van der Waals surface area contributed by atoms with Crippen molar-refractivity contribution >= 4 is 5.78 Å². The molecule has 78 valence electrons. The minimum Gasteiger partial charge on any atom is -0.305 e. The van der Waals surface area contributed by atoms with Crippen LogP contribution in [0, 0.1) is 0 Å². The van der Waals surface area contributed by atoms with Gasteiger partial charge in [-0.25, -0.2) is 0 Å². The molecule has 1 heterocycles. The van der Waals surface area contributed by atoms with Gasteiger partial charge < -0.3 is 5.32 Å². The van der Waals surface area contributed by atoms with Gasteiger partial charge in [0.25, 0.3) is 0 Å². The first-order valence-electron chi connectivity index (χ1n) is 4.77. The van der Waals surface area contributed by atoms with E-state index in [2.05, 4.69) is 10.4 Å². The van der Waals surface area contributed by atoms with Gasteiger partial charge in [0.05, 0.1) is 5.54 Å². The Hall–Kier alpha value is -1.16. The van der Waals surface area contributed by atoms with Crippen LogP contribution in [0.4, 0.5) is 0 Å². The normalized spacial score (nSPS) is 11.7. The van der Waals surface area contributed by atoms with Crippen LogP contribution in [0.25, 0.3) is 0 Å². The molecule has 0 amide bonds. The lowest BCUT2D eigenvalue weighted by Gasteiger charge is -2.23. The van der Waals surface area contributed by atoms with Crippen molar-refractivity contribution in [1.82, 2.24) is 15.1 Å². The van der Waals surface area contributed by atoms with Crippen LogP contribution >= 0.6 is 0 Å². The van der Waals surface area contributed by atoms with Crippen LogP contribution < -0.4 is 5.32 Å². The van der Waals surface area contributed by atoms with Crippen LogP contribution in [0.1, 0.15) is 31.3 Å². The second-order valence-corrected chi connectivity index (χ2v) is 3.82. The summed E-state index contributed by atoms with van der Waals surface area (Å²) >= 11 is 0. The molecule has 0 aliphatic carbocycles. The van der Waals surface area contributed by atoms with Crippen LogP contribution in [0.2, 0.25) is 0 Å². The van der Waals surface area contributed by atoms with Gasteiger partial charge in [0.15, 0.2) is 5.78 Å². The third-order valence-electron chi connectivity index (χ3n) is 2.24. The monoisotopic (exact) mass is 195 g/mol. The van der Waals surface area contributed by atoms with E-state index >= 15 is 0 Å². The number of carbonyl (C=O) groups excluding carboxylic acids is 1. The van der Waals surface area contributed by atoms with Gasteiger partial charge in [0.2, 0.25) is 0 Å². The Labute approximate surface area is 84.3 Å². The lowest BCUT2D eigenvalue weighted by Crippen LogP contribution is -2.47. The summed E-state index contributed by atoms with van der Waals surface area (Å²) in [6.07, 6.45) is 1.63. The molecular formula is C10H17N3O. The predicted molar refractivity (Wildman–Crippen MR) is 55.3 cm³/mol. The highest BCUT2D eigenvalue weighted by molar-refractivity contribution is 6.01. The Kier molecular flexibility index (Phi) is 3.06. The number of likely N-dealkylation sites (N-methyl/N-ethyl adjacent to an activating group) is 1. The maximum atomic E-state index is 12.0. The Morgan fingerprint density at radius 1 is 1.64 bits per heavy atom. The molecule has 4 heteroatoms. The number of Topliss-reactive ketones (excluding diaryl/α,β-unsaturated/α-hetero) is 1. The first-order chi connectivity index (χ1) is 6.49. The molecule has 0 bridgehead atoms. The van der Waals surface area contributed by atoms with Crippen molar-refractivity contribution in [1.29, 1.82) is 0 Å². The summed E-state index contributed by atoms with van der Waals surface area (Å²) in [6.45, 7) is 6.52. The van der Waals surface area contributed by atoms with Gasteiger partial charge in [-0.15, -0.1) is 0 Å². The summed E-state index contributed by atoms with van der Waals surface area (Å²) in [7, 11) is 1.77. The Morgan fingerprint density at radius 2 is 2.29 bits per heavy atom. The number of ketones is 1. The van der Waals surface area contributed by atoms with Crippen LogP contribution in [0.15, 0.2) is 12.3 Å². The third kappa shape index (κ3) is 2.01. The maximum absolute atomic E-state index is 12.0. The average molecular weight is 195 g/mol. The lowest BCUT2D eigenvalue weighted by atomic mass is 9.96. The fraction of sp³-hybridized carbons (Fsp3) is 0.600. The highest BCUT2D eigenvalue weighted by Crippen LogP contribution is 2.11. The molecule has 4 nitrogen and oxygen atoms in total. The van der Waals surface area contributed by atoms with E-state index in [1.54, 1.807) is 24.0 Å². The molecule has 0 aliphatic heterocycles. The van der Waals surface area contributed by atoms with Crippen molar-refractivity contribution in [2.75, 3.05) is 6.54 Å². The minimum absolute atomic E-state index is 0.0688. The van der Waals surface area contributed by atoms with Gasteiger partial charge in [-0.3, -0.25) is 9.48 Å². The minimum atomic E-state index is -0.525. The molecule has 0 atom stereocenters. The van der Waals surface area contributed by atoms with Gasteiger partial charge in [-0.2, -0.15) is 5.10 Å². The molecule has 1 N–H and O–H groups in total. The molecule has 1 aromatic heterocycles. The number of nitrogens with zero attached hydrogens (tertiary/aromatic N) is 2. The van der Waals surface area contributed by atoms with Crippen molar-refractivity contribution in [2.45, 2.75) is 26.3 Å². The van der Waals surface area contributed by atoms with Crippen molar-refractivity contribution < 1.29 is 4.79 Å². The molecule has 1 rings (SSSR count). The SMILES string of the molecule is CCNC(C)(C)C(=O)c1ccnn1C. The molecular weight excluding hydrogens is 178 g/mol. The summed E-state index contributed by atoms with van der Waals surface area (Å²) in [5.74, 6) is 0.0688. The molecule has 0 spiro atoms. The number of nitrogens with one attached hydrogen (secondary N) is 1. The van der Waals surface area contributed by atoms with Crippen LogP contribution in [0.3, 0.4) is 0 Å². The van der Waals surface area contributed by atoms with E-state index < -0.39 is 5.54 Å². The van der Waals surface area contributed by atoms with E-state index in [-0.39, 0.29) is 5.78 Å². The van der Waals surface area contributed by atoms with Crippen LogP contribution in [-0.4, -0.2) is 27.6 Å². The van der Waals surface area contributed by atoms with E-state index in [1.807, 2.05) is 20.8 Å². The van der Waals surface area contributed by atoms with E-state index in [1.165, 1.54) is 0 Å². The predicted octanol–water partition coefficient (Wildman–Crippen LogP) is 0.991. The second kappa shape index (κ2) is 3.92. The molecule has 0 aliphatic rings. The molecule has 0 fully saturated rings. The zero-order chi connectivity index (χ0) is 10.8.